The van der Waals surface area contributed by atoms with E-state index in [9.17, 15) is 0 Å². The van der Waals surface area contributed by atoms with Gasteiger partial charge in [-0.25, -0.2) is 0 Å². The van der Waals surface area contributed by atoms with Crippen LogP contribution in [-0.2, 0) is 9.47 Å². The van der Waals surface area contributed by atoms with Gasteiger partial charge in [-0.1, -0.05) is 0 Å². The maximum Gasteiger partial charge on any atom is 0.0707 e. The third-order valence-electron chi connectivity index (χ3n) is 4.29. The minimum atomic E-state index is 0.468. The molecular weight excluding hydrogens is 204 g/mol. The summed E-state index contributed by atoms with van der Waals surface area (Å²) in [4.78, 5) is 2.56. The summed E-state index contributed by atoms with van der Waals surface area (Å²) in [5.74, 6) is 0.641. The van der Waals surface area contributed by atoms with E-state index in [1.807, 2.05) is 0 Å². The van der Waals surface area contributed by atoms with Gasteiger partial charge in [-0.3, -0.25) is 4.90 Å². The van der Waals surface area contributed by atoms with Crippen molar-refractivity contribution in [2.75, 3.05) is 32.8 Å². The summed E-state index contributed by atoms with van der Waals surface area (Å²) in [6.45, 7) is 4.73. The molecule has 92 valence electrons. The van der Waals surface area contributed by atoms with Crippen molar-refractivity contribution >= 4 is 0 Å². The Morgan fingerprint density at radius 1 is 1.19 bits per heavy atom. The van der Waals surface area contributed by atoms with Crippen LogP contribution < -0.4 is 5.73 Å². The number of nitrogens with zero attached hydrogens (tertiary/aromatic N) is 1. The van der Waals surface area contributed by atoms with E-state index in [1.54, 1.807) is 0 Å². The molecule has 0 radical (unpaired) electrons. The van der Waals surface area contributed by atoms with Gasteiger partial charge in [-0.2, -0.15) is 0 Å². The van der Waals surface area contributed by atoms with Crippen molar-refractivity contribution in [3.05, 3.63) is 0 Å². The van der Waals surface area contributed by atoms with E-state index in [0.29, 0.717) is 24.2 Å². The summed E-state index contributed by atoms with van der Waals surface area (Å²) in [5, 5.41) is 0. The largest absolute Gasteiger partial charge is 0.381 e. The SMILES string of the molecule is NCC(C1CCOC1)N1CC2CCC(C1)O2. The molecular formula is C12H22N2O2. The quantitative estimate of drug-likeness (QED) is 0.747. The summed E-state index contributed by atoms with van der Waals surface area (Å²) in [6.07, 6.45) is 4.58. The molecule has 3 saturated heterocycles. The summed E-state index contributed by atoms with van der Waals surface area (Å²) in [7, 11) is 0. The van der Waals surface area contributed by atoms with Crippen molar-refractivity contribution in [2.45, 2.75) is 37.5 Å². The molecule has 4 atom stereocenters. The summed E-state index contributed by atoms with van der Waals surface area (Å²) < 4.78 is 11.4. The molecule has 3 heterocycles. The highest BCUT2D eigenvalue weighted by Gasteiger charge is 2.39. The lowest BCUT2D eigenvalue weighted by Crippen LogP contribution is -2.53. The summed E-state index contributed by atoms with van der Waals surface area (Å²) in [5.41, 5.74) is 5.96. The molecule has 0 spiro atoms. The van der Waals surface area contributed by atoms with Crippen LogP contribution in [0, 0.1) is 5.92 Å². The second-order valence-electron chi connectivity index (χ2n) is 5.34. The number of fused-ring (bicyclic) bond motifs is 2. The highest BCUT2D eigenvalue weighted by Crippen LogP contribution is 2.30. The maximum absolute atomic E-state index is 5.96. The molecule has 0 amide bonds. The van der Waals surface area contributed by atoms with Gasteiger partial charge < -0.3 is 15.2 Å². The minimum absolute atomic E-state index is 0.468. The van der Waals surface area contributed by atoms with Gasteiger partial charge in [-0.15, -0.1) is 0 Å². The highest BCUT2D eigenvalue weighted by atomic mass is 16.5. The van der Waals surface area contributed by atoms with Crippen molar-refractivity contribution < 1.29 is 9.47 Å². The van der Waals surface area contributed by atoms with Crippen LogP contribution in [0.2, 0.25) is 0 Å². The molecule has 3 rings (SSSR count). The Balaban J connectivity index is 1.65. The molecule has 3 aliphatic rings. The van der Waals surface area contributed by atoms with Gasteiger partial charge in [0.15, 0.2) is 0 Å². The van der Waals surface area contributed by atoms with E-state index >= 15 is 0 Å². The van der Waals surface area contributed by atoms with Crippen molar-refractivity contribution in [2.24, 2.45) is 11.7 Å². The van der Waals surface area contributed by atoms with Crippen LogP contribution in [0.3, 0.4) is 0 Å². The Labute approximate surface area is 97.1 Å². The average molecular weight is 226 g/mol. The third-order valence-corrected chi connectivity index (χ3v) is 4.29. The maximum atomic E-state index is 5.96. The number of hydrogen-bond donors (Lipinski definition) is 1. The normalized spacial score (nSPS) is 41.4. The Morgan fingerprint density at radius 3 is 2.50 bits per heavy atom. The Morgan fingerprint density at radius 2 is 1.94 bits per heavy atom. The Kier molecular flexibility index (Phi) is 3.16. The van der Waals surface area contributed by atoms with Gasteiger partial charge in [0.25, 0.3) is 0 Å². The smallest absolute Gasteiger partial charge is 0.0707 e. The predicted molar refractivity (Wildman–Crippen MR) is 61.2 cm³/mol. The zero-order valence-electron chi connectivity index (χ0n) is 9.81. The van der Waals surface area contributed by atoms with E-state index in [2.05, 4.69) is 4.90 Å². The molecule has 0 aromatic rings. The molecule has 3 fully saturated rings. The Hall–Kier alpha value is -0.160. The standard InChI is InChI=1S/C12H22N2O2/c13-5-12(9-3-4-15-8-9)14-6-10-1-2-11(7-14)16-10/h9-12H,1-8,13H2. The topological polar surface area (TPSA) is 47.7 Å². The first-order valence-corrected chi connectivity index (χ1v) is 6.54. The number of hydrogen-bond acceptors (Lipinski definition) is 4. The zero-order valence-corrected chi connectivity index (χ0v) is 9.81. The van der Waals surface area contributed by atoms with Gasteiger partial charge in [-0.05, 0) is 19.3 Å². The fourth-order valence-electron chi connectivity index (χ4n) is 3.41. The second-order valence-corrected chi connectivity index (χ2v) is 5.34. The fourth-order valence-corrected chi connectivity index (χ4v) is 3.41. The lowest BCUT2D eigenvalue weighted by atomic mass is 9.96. The summed E-state index contributed by atoms with van der Waals surface area (Å²) >= 11 is 0. The van der Waals surface area contributed by atoms with E-state index in [4.69, 9.17) is 15.2 Å². The van der Waals surface area contributed by atoms with Crippen LogP contribution in [-0.4, -0.2) is 56.0 Å². The lowest BCUT2D eigenvalue weighted by molar-refractivity contribution is -0.0598. The summed E-state index contributed by atoms with van der Waals surface area (Å²) in [6, 6.07) is 0.509. The van der Waals surface area contributed by atoms with Gasteiger partial charge in [0.05, 0.1) is 18.8 Å². The van der Waals surface area contributed by atoms with Crippen LogP contribution >= 0.6 is 0 Å². The number of nitrogens with two attached hydrogens (primary N) is 1. The van der Waals surface area contributed by atoms with Gasteiger partial charge in [0, 0.05) is 38.2 Å². The Bertz CT molecular complexity index is 231. The molecule has 0 aromatic carbocycles. The van der Waals surface area contributed by atoms with E-state index in [-0.39, 0.29) is 0 Å². The molecule has 4 unspecified atom stereocenters. The van der Waals surface area contributed by atoms with Crippen molar-refractivity contribution in [3.8, 4) is 0 Å². The van der Waals surface area contributed by atoms with Gasteiger partial charge in [0.1, 0.15) is 0 Å². The molecule has 0 aromatic heterocycles. The number of rotatable bonds is 3. The molecule has 4 heteroatoms. The van der Waals surface area contributed by atoms with Crippen LogP contribution in [0.4, 0.5) is 0 Å². The minimum Gasteiger partial charge on any atom is -0.381 e. The zero-order chi connectivity index (χ0) is 11.0. The van der Waals surface area contributed by atoms with Gasteiger partial charge >= 0.3 is 0 Å². The number of morpholine rings is 1. The van der Waals surface area contributed by atoms with E-state index in [0.717, 1.165) is 32.8 Å². The highest BCUT2D eigenvalue weighted by molar-refractivity contribution is 4.91. The molecule has 0 saturated carbocycles. The molecule has 4 nitrogen and oxygen atoms in total. The van der Waals surface area contributed by atoms with Crippen LogP contribution in [0.5, 0.6) is 0 Å². The monoisotopic (exact) mass is 226 g/mol. The van der Waals surface area contributed by atoms with Crippen molar-refractivity contribution in [3.63, 3.8) is 0 Å². The number of likely N-dealkylation sites (tertiary alicyclic amines) is 1. The first-order valence-electron chi connectivity index (χ1n) is 6.54. The van der Waals surface area contributed by atoms with Crippen LogP contribution in [0.15, 0.2) is 0 Å². The molecule has 3 aliphatic heterocycles. The third kappa shape index (κ3) is 1.99. The van der Waals surface area contributed by atoms with Gasteiger partial charge in [0.2, 0.25) is 0 Å². The lowest BCUT2D eigenvalue weighted by Gasteiger charge is -2.39. The van der Waals surface area contributed by atoms with Crippen molar-refractivity contribution in [1.29, 1.82) is 0 Å². The average Bonchev–Trinajstić information content (AvgIpc) is 2.90. The van der Waals surface area contributed by atoms with Crippen LogP contribution in [0.1, 0.15) is 19.3 Å². The molecule has 16 heavy (non-hydrogen) atoms. The first-order chi connectivity index (χ1) is 7.86. The van der Waals surface area contributed by atoms with E-state index < -0.39 is 0 Å². The first kappa shape index (κ1) is 11.0. The fraction of sp³-hybridized carbons (Fsp3) is 1.00. The van der Waals surface area contributed by atoms with Crippen LogP contribution in [0.25, 0.3) is 0 Å². The van der Waals surface area contributed by atoms with E-state index in [1.165, 1.54) is 19.3 Å². The molecule has 2 N–H and O–H groups in total. The second kappa shape index (κ2) is 4.61. The number of ether oxygens (including phenoxy) is 2. The van der Waals surface area contributed by atoms with Crippen molar-refractivity contribution in [1.82, 2.24) is 4.90 Å². The molecule has 2 bridgehead atoms. The molecule has 0 aliphatic carbocycles. The predicted octanol–water partition coefficient (Wildman–Crippen LogP) is 0.213.